The highest BCUT2D eigenvalue weighted by atomic mass is 16.5. The maximum atomic E-state index is 9.25. The summed E-state index contributed by atoms with van der Waals surface area (Å²) in [5.41, 5.74) is 2.22. The first-order chi connectivity index (χ1) is 9.24. The Balaban J connectivity index is 2.55. The normalized spacial score (nSPS) is 10.5. The molecule has 0 aliphatic heterocycles. The average Bonchev–Trinajstić information content (AvgIpc) is 2.89. The smallest absolute Gasteiger partial charge is 0.148 e. The molecule has 0 aliphatic rings. The summed E-state index contributed by atoms with van der Waals surface area (Å²) in [6.07, 6.45) is 0.720. The number of methoxy groups -OCH3 is 2. The van der Waals surface area contributed by atoms with E-state index in [1.54, 1.807) is 25.0 Å². The molecule has 6 heteroatoms. The van der Waals surface area contributed by atoms with Gasteiger partial charge in [0.15, 0.2) is 0 Å². The van der Waals surface area contributed by atoms with E-state index in [1.165, 1.54) is 0 Å². The Labute approximate surface area is 111 Å². The molecule has 1 aromatic carbocycles. The van der Waals surface area contributed by atoms with Crippen LogP contribution in [-0.4, -0.2) is 34.3 Å². The molecule has 0 amide bonds. The van der Waals surface area contributed by atoms with Crippen LogP contribution in [0.3, 0.4) is 0 Å². The van der Waals surface area contributed by atoms with Crippen molar-refractivity contribution >= 4 is 0 Å². The van der Waals surface area contributed by atoms with Gasteiger partial charge in [-0.1, -0.05) is 12.1 Å². The fourth-order valence-electron chi connectivity index (χ4n) is 1.96. The summed E-state index contributed by atoms with van der Waals surface area (Å²) in [5, 5.41) is 17.3. The maximum absolute atomic E-state index is 9.25. The van der Waals surface area contributed by atoms with Crippen molar-refractivity contribution in [1.29, 1.82) is 0 Å². The quantitative estimate of drug-likeness (QED) is 0.881. The lowest BCUT2D eigenvalue weighted by Gasteiger charge is -2.11. The summed E-state index contributed by atoms with van der Waals surface area (Å²) in [6, 6.07) is 5.47. The number of aliphatic hydroxyl groups is 1. The summed E-state index contributed by atoms with van der Waals surface area (Å²) in [6.45, 7) is 1.87. The summed E-state index contributed by atoms with van der Waals surface area (Å²) in [4.78, 5) is 0. The molecule has 19 heavy (non-hydrogen) atoms. The number of hydrogen-bond acceptors (Lipinski definition) is 5. The van der Waals surface area contributed by atoms with Crippen molar-refractivity contribution in [3.8, 4) is 17.2 Å². The molecule has 1 aromatic heterocycles. The molecule has 0 saturated heterocycles. The van der Waals surface area contributed by atoms with Gasteiger partial charge in [-0.05, 0) is 18.6 Å². The third kappa shape index (κ3) is 2.39. The van der Waals surface area contributed by atoms with Gasteiger partial charge in [-0.15, -0.1) is 5.10 Å². The molecule has 0 spiro atoms. The van der Waals surface area contributed by atoms with E-state index in [-0.39, 0.29) is 6.61 Å². The minimum absolute atomic E-state index is 0.123. The van der Waals surface area contributed by atoms with Crippen LogP contribution in [-0.2, 0) is 13.0 Å². The Bertz CT molecular complexity index is 566. The molecular weight excluding hydrogens is 246 g/mol. The number of benzene rings is 1. The Hall–Kier alpha value is -2.08. The van der Waals surface area contributed by atoms with Crippen LogP contribution < -0.4 is 9.47 Å². The topological polar surface area (TPSA) is 69.4 Å². The first-order valence-corrected chi connectivity index (χ1v) is 6.01. The lowest BCUT2D eigenvalue weighted by Crippen LogP contribution is -2.05. The molecule has 1 N–H and O–H groups in total. The Morgan fingerprint density at radius 1 is 1.26 bits per heavy atom. The molecule has 0 radical (unpaired) electrons. The molecule has 2 rings (SSSR count). The number of aliphatic hydroxyl groups excluding tert-OH is 1. The first-order valence-electron chi connectivity index (χ1n) is 6.01. The number of rotatable bonds is 5. The number of aromatic nitrogens is 3. The maximum Gasteiger partial charge on any atom is 0.148 e. The number of ether oxygens (including phenoxy) is 2. The zero-order valence-electron chi connectivity index (χ0n) is 11.3. The second-order valence-corrected chi connectivity index (χ2v) is 3.94. The van der Waals surface area contributed by atoms with Crippen LogP contribution in [0.4, 0.5) is 0 Å². The van der Waals surface area contributed by atoms with E-state index in [1.807, 2.05) is 19.1 Å². The monoisotopic (exact) mass is 263 g/mol. The van der Waals surface area contributed by atoms with Crippen molar-refractivity contribution in [1.82, 2.24) is 15.0 Å². The summed E-state index contributed by atoms with van der Waals surface area (Å²) < 4.78 is 12.2. The van der Waals surface area contributed by atoms with Gasteiger partial charge in [0.05, 0.1) is 26.5 Å². The highest BCUT2D eigenvalue weighted by Crippen LogP contribution is 2.28. The van der Waals surface area contributed by atoms with Gasteiger partial charge >= 0.3 is 0 Å². The van der Waals surface area contributed by atoms with E-state index in [9.17, 15) is 5.11 Å². The molecule has 0 aliphatic carbocycles. The molecule has 0 fully saturated rings. The first kappa shape index (κ1) is 13.4. The average molecular weight is 263 g/mol. The Morgan fingerprint density at radius 3 is 2.63 bits per heavy atom. The van der Waals surface area contributed by atoms with Crippen molar-refractivity contribution in [2.45, 2.75) is 20.0 Å². The van der Waals surface area contributed by atoms with E-state index < -0.39 is 0 Å². The van der Waals surface area contributed by atoms with Gasteiger partial charge in [0, 0.05) is 6.07 Å². The van der Waals surface area contributed by atoms with E-state index in [0.29, 0.717) is 17.2 Å². The second-order valence-electron chi connectivity index (χ2n) is 3.94. The van der Waals surface area contributed by atoms with Gasteiger partial charge in [-0.25, -0.2) is 4.68 Å². The summed E-state index contributed by atoms with van der Waals surface area (Å²) >= 11 is 0. The lowest BCUT2D eigenvalue weighted by molar-refractivity contribution is 0.275. The van der Waals surface area contributed by atoms with Crippen molar-refractivity contribution in [3.05, 3.63) is 29.6 Å². The zero-order valence-corrected chi connectivity index (χ0v) is 11.3. The fourth-order valence-corrected chi connectivity index (χ4v) is 1.96. The molecule has 0 saturated carbocycles. The molecule has 102 valence electrons. The van der Waals surface area contributed by atoms with Crippen LogP contribution in [0.5, 0.6) is 11.5 Å². The zero-order chi connectivity index (χ0) is 13.8. The third-order valence-corrected chi connectivity index (χ3v) is 2.94. The Kier molecular flexibility index (Phi) is 4.01. The minimum Gasteiger partial charge on any atom is -0.497 e. The van der Waals surface area contributed by atoms with Crippen molar-refractivity contribution in [3.63, 3.8) is 0 Å². The van der Waals surface area contributed by atoms with Crippen LogP contribution >= 0.6 is 0 Å². The molecule has 0 unspecified atom stereocenters. The van der Waals surface area contributed by atoms with E-state index in [4.69, 9.17) is 9.47 Å². The van der Waals surface area contributed by atoms with Crippen LogP contribution in [0.25, 0.3) is 5.69 Å². The van der Waals surface area contributed by atoms with E-state index >= 15 is 0 Å². The van der Waals surface area contributed by atoms with Crippen LogP contribution in [0.2, 0.25) is 0 Å². The van der Waals surface area contributed by atoms with Crippen molar-refractivity contribution < 1.29 is 14.6 Å². The number of nitrogens with zero attached hydrogens (tertiary/aromatic N) is 3. The minimum atomic E-state index is -0.123. The molecule has 2 aromatic rings. The SMILES string of the molecule is CCc1c(CO)nnn1-c1ccc(OC)cc1OC. The fraction of sp³-hybridized carbons (Fsp3) is 0.385. The number of hydrogen-bond donors (Lipinski definition) is 1. The molecular formula is C13H17N3O3. The van der Waals surface area contributed by atoms with Crippen LogP contribution in [0.15, 0.2) is 18.2 Å². The summed E-state index contributed by atoms with van der Waals surface area (Å²) in [5.74, 6) is 1.35. The molecule has 0 bridgehead atoms. The second kappa shape index (κ2) is 5.71. The van der Waals surface area contributed by atoms with Crippen LogP contribution in [0.1, 0.15) is 18.3 Å². The van der Waals surface area contributed by atoms with Crippen molar-refractivity contribution in [2.24, 2.45) is 0 Å². The highest BCUT2D eigenvalue weighted by molar-refractivity contribution is 5.51. The molecule has 1 heterocycles. The lowest BCUT2D eigenvalue weighted by atomic mass is 10.2. The predicted octanol–water partition coefficient (Wildman–Crippen LogP) is 1.34. The Morgan fingerprint density at radius 2 is 2.05 bits per heavy atom. The molecule has 6 nitrogen and oxygen atoms in total. The summed E-state index contributed by atoms with van der Waals surface area (Å²) in [7, 11) is 3.19. The van der Waals surface area contributed by atoms with Gasteiger partial charge in [0.1, 0.15) is 22.9 Å². The van der Waals surface area contributed by atoms with Gasteiger partial charge in [0.25, 0.3) is 0 Å². The largest absolute Gasteiger partial charge is 0.497 e. The highest BCUT2D eigenvalue weighted by Gasteiger charge is 2.15. The standard InChI is InChI=1S/C13H17N3O3/c1-4-11-10(8-17)14-15-16(11)12-6-5-9(18-2)7-13(12)19-3/h5-7,17H,4,8H2,1-3H3. The van der Waals surface area contributed by atoms with E-state index in [2.05, 4.69) is 10.3 Å². The molecule has 0 atom stereocenters. The van der Waals surface area contributed by atoms with Gasteiger partial charge in [-0.3, -0.25) is 0 Å². The van der Waals surface area contributed by atoms with Crippen LogP contribution in [0, 0.1) is 0 Å². The third-order valence-electron chi connectivity index (χ3n) is 2.94. The van der Waals surface area contributed by atoms with Crippen molar-refractivity contribution in [2.75, 3.05) is 14.2 Å². The van der Waals surface area contributed by atoms with Gasteiger partial charge in [-0.2, -0.15) is 0 Å². The van der Waals surface area contributed by atoms with E-state index in [0.717, 1.165) is 17.8 Å². The van der Waals surface area contributed by atoms with Gasteiger partial charge in [0.2, 0.25) is 0 Å². The van der Waals surface area contributed by atoms with Gasteiger partial charge < -0.3 is 14.6 Å². The predicted molar refractivity (Wildman–Crippen MR) is 69.8 cm³/mol.